The van der Waals surface area contributed by atoms with Crippen molar-refractivity contribution in [1.29, 1.82) is 0 Å². The van der Waals surface area contributed by atoms with Crippen LogP contribution < -0.4 is 10.6 Å². The number of carbonyl (C=O) groups is 2. The van der Waals surface area contributed by atoms with Crippen LogP contribution in [0.2, 0.25) is 5.02 Å². The third-order valence-corrected chi connectivity index (χ3v) is 5.81. The van der Waals surface area contributed by atoms with Gasteiger partial charge in [-0.1, -0.05) is 11.6 Å². The molecule has 0 spiro atoms. The van der Waals surface area contributed by atoms with E-state index in [1.54, 1.807) is 12.1 Å². The lowest BCUT2D eigenvalue weighted by Crippen LogP contribution is -2.48. The highest BCUT2D eigenvalue weighted by molar-refractivity contribution is 8.01. The second-order valence-corrected chi connectivity index (χ2v) is 7.59. The van der Waals surface area contributed by atoms with Crippen molar-refractivity contribution in [3.8, 4) is 0 Å². The number of fused-ring (bicyclic) bond motifs is 1. The minimum Gasteiger partial charge on any atom is -0.341 e. The summed E-state index contributed by atoms with van der Waals surface area (Å²) in [6.45, 7) is 1.50. The Bertz CT molecular complexity index is 625. The predicted octanol–water partition coefficient (Wildman–Crippen LogP) is 2.35. The highest BCUT2D eigenvalue weighted by Gasteiger charge is 2.31. The Morgan fingerprint density at radius 3 is 3.13 bits per heavy atom. The number of amides is 2. The van der Waals surface area contributed by atoms with E-state index in [1.807, 2.05) is 18.0 Å². The Morgan fingerprint density at radius 1 is 1.52 bits per heavy atom. The number of likely N-dealkylation sites (tertiary alicyclic amines) is 1. The van der Waals surface area contributed by atoms with Crippen molar-refractivity contribution < 1.29 is 9.59 Å². The minimum absolute atomic E-state index is 0.0509. The van der Waals surface area contributed by atoms with E-state index in [-0.39, 0.29) is 23.5 Å². The zero-order chi connectivity index (χ0) is 16.4. The number of nitrogens with zero attached hydrogens (tertiary/aromatic N) is 1. The number of carbonyl (C=O) groups excluding carboxylic acids is 2. The summed E-state index contributed by atoms with van der Waals surface area (Å²) in [5.74, 6) is -0.0738. The van der Waals surface area contributed by atoms with Crippen LogP contribution in [-0.4, -0.2) is 48.1 Å². The molecule has 2 atom stereocenters. The van der Waals surface area contributed by atoms with E-state index in [0.717, 1.165) is 36.5 Å². The van der Waals surface area contributed by atoms with Gasteiger partial charge in [0.05, 0.1) is 10.9 Å². The lowest BCUT2D eigenvalue weighted by Gasteiger charge is -2.33. The largest absolute Gasteiger partial charge is 0.341 e. The van der Waals surface area contributed by atoms with E-state index in [0.29, 0.717) is 11.1 Å². The standard InChI is InChI=1S/C16H20ClN3O2S/c1-18-11-3-2-6-20(9-11)15(21)8-14-16(22)19-12-7-10(17)4-5-13(12)23-14/h4-5,7,11,14,18H,2-3,6,8-9H2,1H3,(H,19,22). The van der Waals surface area contributed by atoms with Gasteiger partial charge in [0.1, 0.15) is 0 Å². The minimum atomic E-state index is -0.383. The maximum Gasteiger partial charge on any atom is 0.238 e. The van der Waals surface area contributed by atoms with Crippen molar-refractivity contribution in [2.45, 2.75) is 35.4 Å². The van der Waals surface area contributed by atoms with Crippen molar-refractivity contribution in [3.05, 3.63) is 23.2 Å². The first-order valence-electron chi connectivity index (χ1n) is 7.79. The molecule has 23 heavy (non-hydrogen) atoms. The molecule has 2 amide bonds. The van der Waals surface area contributed by atoms with Gasteiger partial charge in [-0.15, -0.1) is 11.8 Å². The SMILES string of the molecule is CNC1CCCN(C(=O)CC2Sc3ccc(Cl)cc3NC2=O)C1. The van der Waals surface area contributed by atoms with Crippen molar-refractivity contribution >= 4 is 40.9 Å². The quantitative estimate of drug-likeness (QED) is 0.875. The molecule has 2 heterocycles. The van der Waals surface area contributed by atoms with Crippen LogP contribution in [0.3, 0.4) is 0 Å². The summed E-state index contributed by atoms with van der Waals surface area (Å²) < 4.78 is 0. The topological polar surface area (TPSA) is 61.4 Å². The van der Waals surface area contributed by atoms with Gasteiger partial charge >= 0.3 is 0 Å². The number of rotatable bonds is 3. The molecule has 7 heteroatoms. The molecule has 2 aliphatic heterocycles. The fraction of sp³-hybridized carbons (Fsp3) is 0.500. The molecular formula is C16H20ClN3O2S. The van der Waals surface area contributed by atoms with Crippen molar-refractivity contribution in [1.82, 2.24) is 10.2 Å². The van der Waals surface area contributed by atoms with Gasteiger partial charge in [0.15, 0.2) is 0 Å². The maximum absolute atomic E-state index is 12.5. The summed E-state index contributed by atoms with van der Waals surface area (Å²) in [5, 5.41) is 6.29. The van der Waals surface area contributed by atoms with Gasteiger partial charge in [-0.25, -0.2) is 0 Å². The average molecular weight is 354 g/mol. The first-order valence-corrected chi connectivity index (χ1v) is 9.04. The van der Waals surface area contributed by atoms with Crippen LogP contribution >= 0.6 is 23.4 Å². The number of thioether (sulfide) groups is 1. The molecule has 1 saturated heterocycles. The Kier molecular flexibility index (Phi) is 5.14. The number of nitrogens with one attached hydrogen (secondary N) is 2. The summed E-state index contributed by atoms with van der Waals surface area (Å²) in [4.78, 5) is 27.6. The summed E-state index contributed by atoms with van der Waals surface area (Å²) in [5.41, 5.74) is 0.726. The van der Waals surface area contributed by atoms with Gasteiger partial charge in [-0.2, -0.15) is 0 Å². The van der Waals surface area contributed by atoms with Crippen molar-refractivity contribution in [3.63, 3.8) is 0 Å². The Balaban J connectivity index is 1.65. The highest BCUT2D eigenvalue weighted by atomic mass is 35.5. The fourth-order valence-electron chi connectivity index (χ4n) is 2.98. The molecule has 0 bridgehead atoms. The molecule has 5 nitrogen and oxygen atoms in total. The summed E-state index contributed by atoms with van der Waals surface area (Å²) >= 11 is 7.39. The normalized spacial score (nSPS) is 24.1. The number of piperidine rings is 1. The predicted molar refractivity (Wildman–Crippen MR) is 93.0 cm³/mol. The number of hydrogen-bond donors (Lipinski definition) is 2. The van der Waals surface area contributed by atoms with Crippen LogP contribution in [0.5, 0.6) is 0 Å². The summed E-state index contributed by atoms with van der Waals surface area (Å²) in [6, 6.07) is 5.77. The third-order valence-electron chi connectivity index (χ3n) is 4.30. The van der Waals surface area contributed by atoms with Gasteiger partial charge in [0.2, 0.25) is 11.8 Å². The van der Waals surface area contributed by atoms with Crippen LogP contribution in [-0.2, 0) is 9.59 Å². The van der Waals surface area contributed by atoms with Crippen LogP contribution in [0.1, 0.15) is 19.3 Å². The molecule has 0 saturated carbocycles. The first-order chi connectivity index (χ1) is 11.1. The zero-order valence-corrected chi connectivity index (χ0v) is 14.5. The van der Waals surface area contributed by atoms with E-state index >= 15 is 0 Å². The van der Waals surface area contributed by atoms with Crippen LogP contribution in [0.25, 0.3) is 0 Å². The molecule has 1 aromatic rings. The second kappa shape index (κ2) is 7.11. The second-order valence-electron chi connectivity index (χ2n) is 5.91. The zero-order valence-electron chi connectivity index (χ0n) is 13.0. The van der Waals surface area contributed by atoms with Crippen molar-refractivity contribution in [2.75, 3.05) is 25.5 Å². The van der Waals surface area contributed by atoms with Gasteiger partial charge in [0, 0.05) is 35.5 Å². The lowest BCUT2D eigenvalue weighted by molar-refractivity contribution is -0.133. The Hall–Kier alpha value is -1.24. The summed E-state index contributed by atoms with van der Waals surface area (Å²) in [6.07, 6.45) is 2.32. The molecule has 124 valence electrons. The van der Waals surface area contributed by atoms with Gasteiger partial charge in [0.25, 0.3) is 0 Å². The highest BCUT2D eigenvalue weighted by Crippen LogP contribution is 2.38. The van der Waals surface area contributed by atoms with E-state index in [9.17, 15) is 9.59 Å². The van der Waals surface area contributed by atoms with Crippen LogP contribution in [0.15, 0.2) is 23.1 Å². The molecular weight excluding hydrogens is 334 g/mol. The van der Waals surface area contributed by atoms with Crippen LogP contribution in [0, 0.1) is 0 Å². The molecule has 2 aliphatic rings. The first kappa shape index (κ1) is 16.6. The van der Waals surface area contributed by atoms with Gasteiger partial charge in [-0.05, 0) is 38.1 Å². The number of benzene rings is 1. The average Bonchev–Trinajstić information content (AvgIpc) is 2.55. The maximum atomic E-state index is 12.5. The molecule has 0 aromatic heterocycles. The number of anilines is 1. The van der Waals surface area contributed by atoms with E-state index in [4.69, 9.17) is 11.6 Å². The lowest BCUT2D eigenvalue weighted by atomic mass is 10.1. The van der Waals surface area contributed by atoms with Crippen molar-refractivity contribution in [2.24, 2.45) is 0 Å². The van der Waals surface area contributed by atoms with Gasteiger partial charge in [-0.3, -0.25) is 9.59 Å². The molecule has 2 unspecified atom stereocenters. The Labute approximate surface area is 145 Å². The molecule has 1 aromatic carbocycles. The molecule has 1 fully saturated rings. The molecule has 0 radical (unpaired) electrons. The molecule has 2 N–H and O–H groups in total. The molecule has 3 rings (SSSR count). The smallest absolute Gasteiger partial charge is 0.238 e. The number of hydrogen-bond acceptors (Lipinski definition) is 4. The molecule has 0 aliphatic carbocycles. The fourth-order valence-corrected chi connectivity index (χ4v) is 4.24. The summed E-state index contributed by atoms with van der Waals surface area (Å²) in [7, 11) is 1.92. The monoisotopic (exact) mass is 353 g/mol. The number of likely N-dealkylation sites (N-methyl/N-ethyl adjacent to an activating group) is 1. The van der Waals surface area contributed by atoms with E-state index in [1.165, 1.54) is 11.8 Å². The van der Waals surface area contributed by atoms with Crippen LogP contribution in [0.4, 0.5) is 5.69 Å². The third kappa shape index (κ3) is 3.82. The van der Waals surface area contributed by atoms with E-state index < -0.39 is 0 Å². The number of halogens is 1. The van der Waals surface area contributed by atoms with E-state index in [2.05, 4.69) is 10.6 Å². The van der Waals surface area contributed by atoms with Gasteiger partial charge < -0.3 is 15.5 Å². The Morgan fingerprint density at radius 2 is 2.35 bits per heavy atom.